The van der Waals surface area contributed by atoms with Crippen LogP contribution < -0.4 is 0 Å². The van der Waals surface area contributed by atoms with E-state index >= 15 is 0 Å². The number of rotatable bonds is 4. The molecule has 0 bridgehead atoms. The fourth-order valence-electron chi connectivity index (χ4n) is 3.55. The van der Waals surface area contributed by atoms with Gasteiger partial charge in [-0.25, -0.2) is 4.98 Å². The minimum Gasteiger partial charge on any atom is -0.380 e. The van der Waals surface area contributed by atoms with Crippen LogP contribution in [0.25, 0.3) is 10.9 Å². The molecule has 1 aromatic carbocycles. The molecule has 1 saturated heterocycles. The predicted octanol–water partition coefficient (Wildman–Crippen LogP) is 2.66. The highest BCUT2D eigenvalue weighted by molar-refractivity contribution is 5.78. The number of aryl methyl sites for hydroxylation is 1. The minimum absolute atomic E-state index is 0.497. The van der Waals surface area contributed by atoms with Crippen molar-refractivity contribution in [1.29, 1.82) is 0 Å². The second-order valence-corrected chi connectivity index (χ2v) is 6.87. The van der Waals surface area contributed by atoms with E-state index in [1.165, 1.54) is 10.9 Å². The summed E-state index contributed by atoms with van der Waals surface area (Å²) in [6.07, 6.45) is 6.74. The molecule has 0 amide bonds. The summed E-state index contributed by atoms with van der Waals surface area (Å²) in [5.74, 6) is 1.61. The van der Waals surface area contributed by atoms with Gasteiger partial charge in [-0.05, 0) is 36.1 Å². The molecule has 0 saturated carbocycles. The lowest BCUT2D eigenvalue weighted by atomic mass is 9.98. The minimum atomic E-state index is 0.497. The van der Waals surface area contributed by atoms with Gasteiger partial charge in [-0.15, -0.1) is 0 Å². The molecule has 1 fully saturated rings. The van der Waals surface area contributed by atoms with Gasteiger partial charge in [-0.2, -0.15) is 0 Å². The maximum atomic E-state index is 5.87. The van der Waals surface area contributed by atoms with Gasteiger partial charge in [-0.1, -0.05) is 12.1 Å². The molecule has 3 heterocycles. The van der Waals surface area contributed by atoms with Gasteiger partial charge < -0.3 is 9.30 Å². The standard InChI is InChI=1S/C20H24N4O/c1-23-8-7-22-20(23)14-24-9-10-25-15-17(13-24)11-16-4-5-19-18(12-16)3-2-6-21-19/h2-8,12,17H,9-11,13-15H2,1H3. The Morgan fingerprint density at radius 2 is 2.16 bits per heavy atom. The first-order valence-corrected chi connectivity index (χ1v) is 8.88. The van der Waals surface area contributed by atoms with Crippen LogP contribution in [0.5, 0.6) is 0 Å². The van der Waals surface area contributed by atoms with Crippen LogP contribution >= 0.6 is 0 Å². The summed E-state index contributed by atoms with van der Waals surface area (Å²) in [4.78, 5) is 11.3. The second kappa shape index (κ2) is 7.33. The third-order valence-electron chi connectivity index (χ3n) is 4.90. The number of benzene rings is 1. The third kappa shape index (κ3) is 3.89. The fourth-order valence-corrected chi connectivity index (χ4v) is 3.55. The Labute approximate surface area is 148 Å². The van der Waals surface area contributed by atoms with Crippen molar-refractivity contribution in [3.05, 3.63) is 60.3 Å². The van der Waals surface area contributed by atoms with E-state index in [2.05, 4.69) is 50.7 Å². The van der Waals surface area contributed by atoms with Gasteiger partial charge in [0.1, 0.15) is 5.82 Å². The number of aromatic nitrogens is 3. The van der Waals surface area contributed by atoms with E-state index in [0.717, 1.165) is 50.6 Å². The van der Waals surface area contributed by atoms with Crippen LogP contribution in [0.2, 0.25) is 0 Å². The molecule has 0 aliphatic carbocycles. The molecule has 0 spiro atoms. The zero-order valence-electron chi connectivity index (χ0n) is 14.6. The Kier molecular flexibility index (Phi) is 4.76. The molecule has 2 aromatic heterocycles. The van der Waals surface area contributed by atoms with Gasteiger partial charge in [0, 0.05) is 44.1 Å². The average molecular weight is 336 g/mol. The molecular weight excluding hydrogens is 312 g/mol. The van der Waals surface area contributed by atoms with E-state index in [4.69, 9.17) is 4.74 Å². The lowest BCUT2D eigenvalue weighted by Crippen LogP contribution is -2.31. The first kappa shape index (κ1) is 16.2. The molecule has 5 heteroatoms. The maximum absolute atomic E-state index is 5.87. The summed E-state index contributed by atoms with van der Waals surface area (Å²) in [5, 5.41) is 1.21. The fraction of sp³-hybridized carbons (Fsp3) is 0.400. The van der Waals surface area contributed by atoms with E-state index in [0.29, 0.717) is 5.92 Å². The third-order valence-corrected chi connectivity index (χ3v) is 4.90. The van der Waals surface area contributed by atoms with E-state index < -0.39 is 0 Å². The molecule has 130 valence electrons. The number of nitrogens with zero attached hydrogens (tertiary/aromatic N) is 4. The summed E-state index contributed by atoms with van der Waals surface area (Å²) in [6.45, 7) is 4.50. The van der Waals surface area contributed by atoms with Gasteiger partial charge in [-0.3, -0.25) is 9.88 Å². The highest BCUT2D eigenvalue weighted by atomic mass is 16.5. The van der Waals surface area contributed by atoms with Crippen LogP contribution in [0.4, 0.5) is 0 Å². The van der Waals surface area contributed by atoms with Crippen molar-refractivity contribution in [1.82, 2.24) is 19.4 Å². The van der Waals surface area contributed by atoms with Gasteiger partial charge in [0.15, 0.2) is 0 Å². The summed E-state index contributed by atoms with van der Waals surface area (Å²) >= 11 is 0. The molecule has 25 heavy (non-hydrogen) atoms. The van der Waals surface area contributed by atoms with Crippen LogP contribution in [0.3, 0.4) is 0 Å². The maximum Gasteiger partial charge on any atom is 0.122 e. The smallest absolute Gasteiger partial charge is 0.122 e. The molecule has 1 aliphatic heterocycles. The molecular formula is C20H24N4O. The van der Waals surface area contributed by atoms with Gasteiger partial charge in [0.05, 0.1) is 25.3 Å². The first-order chi connectivity index (χ1) is 12.3. The number of fused-ring (bicyclic) bond motifs is 1. The Bertz CT molecular complexity index is 844. The Balaban J connectivity index is 1.45. The monoisotopic (exact) mass is 336 g/mol. The number of pyridine rings is 1. The zero-order chi connectivity index (χ0) is 17.1. The molecule has 5 nitrogen and oxygen atoms in total. The van der Waals surface area contributed by atoms with Crippen LogP contribution in [0.15, 0.2) is 48.9 Å². The Hall–Kier alpha value is -2.24. The van der Waals surface area contributed by atoms with Crippen LogP contribution in [-0.4, -0.2) is 45.7 Å². The van der Waals surface area contributed by atoms with Crippen molar-refractivity contribution in [2.75, 3.05) is 26.3 Å². The van der Waals surface area contributed by atoms with Gasteiger partial charge in [0.2, 0.25) is 0 Å². The van der Waals surface area contributed by atoms with Crippen molar-refractivity contribution >= 4 is 10.9 Å². The first-order valence-electron chi connectivity index (χ1n) is 8.88. The second-order valence-electron chi connectivity index (χ2n) is 6.87. The number of hydrogen-bond donors (Lipinski definition) is 0. The average Bonchev–Trinajstić information content (AvgIpc) is 2.89. The lowest BCUT2D eigenvalue weighted by Gasteiger charge is -2.23. The summed E-state index contributed by atoms with van der Waals surface area (Å²) in [5.41, 5.74) is 2.41. The van der Waals surface area contributed by atoms with Gasteiger partial charge >= 0.3 is 0 Å². The molecule has 0 radical (unpaired) electrons. The van der Waals surface area contributed by atoms with Crippen molar-refractivity contribution in [3.8, 4) is 0 Å². The largest absolute Gasteiger partial charge is 0.380 e. The van der Waals surface area contributed by atoms with Crippen molar-refractivity contribution in [3.63, 3.8) is 0 Å². The zero-order valence-corrected chi connectivity index (χ0v) is 14.6. The van der Waals surface area contributed by atoms with Gasteiger partial charge in [0.25, 0.3) is 0 Å². The molecule has 3 aromatic rings. The quantitative estimate of drug-likeness (QED) is 0.735. The van der Waals surface area contributed by atoms with Crippen LogP contribution in [-0.2, 0) is 24.8 Å². The van der Waals surface area contributed by atoms with E-state index in [-0.39, 0.29) is 0 Å². The van der Waals surface area contributed by atoms with Crippen LogP contribution in [0.1, 0.15) is 11.4 Å². The molecule has 1 aliphatic rings. The predicted molar refractivity (Wildman–Crippen MR) is 98.2 cm³/mol. The van der Waals surface area contributed by atoms with E-state index in [1.54, 1.807) is 0 Å². The highest BCUT2D eigenvalue weighted by Crippen LogP contribution is 2.19. The van der Waals surface area contributed by atoms with Crippen molar-refractivity contribution in [2.45, 2.75) is 13.0 Å². The van der Waals surface area contributed by atoms with Crippen LogP contribution in [0, 0.1) is 5.92 Å². The Morgan fingerprint density at radius 3 is 3.04 bits per heavy atom. The summed E-state index contributed by atoms with van der Waals surface area (Å²) in [7, 11) is 2.05. The Morgan fingerprint density at radius 1 is 1.20 bits per heavy atom. The topological polar surface area (TPSA) is 43.2 Å². The highest BCUT2D eigenvalue weighted by Gasteiger charge is 2.20. The van der Waals surface area contributed by atoms with E-state index in [1.807, 2.05) is 24.7 Å². The number of hydrogen-bond acceptors (Lipinski definition) is 4. The SMILES string of the molecule is Cn1ccnc1CN1CCOCC(Cc2ccc3ncccc3c2)C1. The summed E-state index contributed by atoms with van der Waals surface area (Å²) in [6, 6.07) is 10.7. The van der Waals surface area contributed by atoms with Crippen molar-refractivity contribution < 1.29 is 4.74 Å². The molecule has 0 N–H and O–H groups in total. The van der Waals surface area contributed by atoms with Crippen molar-refractivity contribution in [2.24, 2.45) is 13.0 Å². The molecule has 1 unspecified atom stereocenters. The number of imidazole rings is 1. The molecule has 1 atom stereocenters. The normalized spacial score (nSPS) is 19.2. The number of ether oxygens (including phenoxy) is 1. The summed E-state index contributed by atoms with van der Waals surface area (Å²) < 4.78 is 7.96. The molecule has 4 rings (SSSR count). The van der Waals surface area contributed by atoms with E-state index in [9.17, 15) is 0 Å². The lowest BCUT2D eigenvalue weighted by molar-refractivity contribution is 0.121.